The van der Waals surface area contributed by atoms with E-state index in [9.17, 15) is 13.2 Å². The van der Waals surface area contributed by atoms with E-state index in [0.717, 1.165) is 49.3 Å². The molecule has 0 radical (unpaired) electrons. The summed E-state index contributed by atoms with van der Waals surface area (Å²) in [5.41, 5.74) is 0.823. The van der Waals surface area contributed by atoms with Crippen LogP contribution in [-0.4, -0.2) is 74.4 Å². The minimum absolute atomic E-state index is 0.0233. The maximum atomic E-state index is 12.4. The van der Waals surface area contributed by atoms with Crippen LogP contribution in [0.4, 0.5) is 0 Å². The number of fused-ring (bicyclic) bond motifs is 1. The van der Waals surface area contributed by atoms with Crippen molar-refractivity contribution >= 4 is 26.7 Å². The van der Waals surface area contributed by atoms with Gasteiger partial charge in [0, 0.05) is 37.6 Å². The van der Waals surface area contributed by atoms with E-state index in [0.29, 0.717) is 12.3 Å². The molecular weight excluding hydrogens is 378 g/mol. The molecule has 2 aromatic rings. The topological polar surface area (TPSA) is 82.9 Å². The summed E-state index contributed by atoms with van der Waals surface area (Å²) in [5.74, 6) is 1.31. The molecule has 2 fully saturated rings. The molecule has 0 spiro atoms. The molecule has 1 aromatic carbocycles. The zero-order valence-corrected chi connectivity index (χ0v) is 17.0. The van der Waals surface area contributed by atoms with Crippen LogP contribution in [-0.2, 0) is 14.6 Å². The van der Waals surface area contributed by atoms with Crippen molar-refractivity contribution in [2.24, 2.45) is 0 Å². The average molecular weight is 406 g/mol. The number of benzene rings is 1. The first-order chi connectivity index (χ1) is 13.4. The summed E-state index contributed by atoms with van der Waals surface area (Å²) in [5, 5.41) is 4.05. The zero-order valence-electron chi connectivity index (χ0n) is 16.1. The standard InChI is InChI=1S/C20H27N3O4S/c1-15(19-12-16-4-2-3-5-18(16)27-19)21-20(24)13-22-7-9-23(10-8-22)17-6-11-28(25,26)14-17/h2-5,12,15,17H,6-11,13-14H2,1H3,(H,21,24)/t15-,17+/m1/s1. The lowest BCUT2D eigenvalue weighted by molar-refractivity contribution is -0.123. The molecule has 0 unspecified atom stereocenters. The number of para-hydroxylation sites is 1. The smallest absolute Gasteiger partial charge is 0.234 e. The highest BCUT2D eigenvalue weighted by molar-refractivity contribution is 7.91. The van der Waals surface area contributed by atoms with Gasteiger partial charge >= 0.3 is 0 Å². The monoisotopic (exact) mass is 405 g/mol. The molecule has 2 aliphatic rings. The number of nitrogens with one attached hydrogen (secondary N) is 1. The first-order valence-electron chi connectivity index (χ1n) is 9.84. The lowest BCUT2D eigenvalue weighted by atomic mass is 10.2. The van der Waals surface area contributed by atoms with Crippen LogP contribution in [0.1, 0.15) is 25.1 Å². The number of furan rings is 1. The Balaban J connectivity index is 1.25. The van der Waals surface area contributed by atoms with E-state index in [-0.39, 0.29) is 23.7 Å². The number of carbonyl (C=O) groups excluding carboxylic acids is 1. The predicted molar refractivity (Wildman–Crippen MR) is 108 cm³/mol. The number of hydrogen-bond donors (Lipinski definition) is 1. The molecule has 8 heteroatoms. The van der Waals surface area contributed by atoms with Gasteiger partial charge in [0.05, 0.1) is 24.1 Å². The highest BCUT2D eigenvalue weighted by atomic mass is 32.2. The summed E-state index contributed by atoms with van der Waals surface area (Å²) in [6.45, 7) is 5.46. The molecule has 28 heavy (non-hydrogen) atoms. The number of hydrogen-bond acceptors (Lipinski definition) is 6. The van der Waals surface area contributed by atoms with Crippen molar-refractivity contribution in [3.05, 3.63) is 36.1 Å². The van der Waals surface area contributed by atoms with Gasteiger partial charge in [0.25, 0.3) is 0 Å². The quantitative estimate of drug-likeness (QED) is 0.810. The van der Waals surface area contributed by atoms with Crippen LogP contribution in [0.5, 0.6) is 0 Å². The second kappa shape index (κ2) is 7.85. The van der Waals surface area contributed by atoms with E-state index >= 15 is 0 Å². The van der Waals surface area contributed by atoms with Gasteiger partial charge < -0.3 is 9.73 Å². The van der Waals surface area contributed by atoms with Gasteiger partial charge in [-0.3, -0.25) is 14.6 Å². The fourth-order valence-electron chi connectivity index (χ4n) is 4.13. The number of rotatable bonds is 5. The van der Waals surface area contributed by atoms with Crippen molar-refractivity contribution in [3.63, 3.8) is 0 Å². The second-order valence-electron chi connectivity index (χ2n) is 7.84. The fourth-order valence-corrected chi connectivity index (χ4v) is 5.89. The van der Waals surface area contributed by atoms with Crippen molar-refractivity contribution in [2.45, 2.75) is 25.4 Å². The maximum Gasteiger partial charge on any atom is 0.234 e. The van der Waals surface area contributed by atoms with Gasteiger partial charge in [-0.1, -0.05) is 18.2 Å². The largest absolute Gasteiger partial charge is 0.459 e. The minimum Gasteiger partial charge on any atom is -0.459 e. The van der Waals surface area contributed by atoms with E-state index in [4.69, 9.17) is 4.42 Å². The summed E-state index contributed by atoms with van der Waals surface area (Å²) in [4.78, 5) is 16.8. The highest BCUT2D eigenvalue weighted by Gasteiger charge is 2.33. The Morgan fingerprint density at radius 2 is 2.00 bits per heavy atom. The Hall–Kier alpha value is -1.90. The van der Waals surface area contributed by atoms with Gasteiger partial charge in [0.1, 0.15) is 11.3 Å². The molecule has 2 saturated heterocycles. The molecule has 152 valence electrons. The Morgan fingerprint density at radius 1 is 1.25 bits per heavy atom. The van der Waals surface area contributed by atoms with E-state index in [1.165, 1.54) is 0 Å². The first-order valence-corrected chi connectivity index (χ1v) is 11.7. The number of carbonyl (C=O) groups is 1. The summed E-state index contributed by atoms with van der Waals surface area (Å²) in [7, 11) is -2.86. The third-order valence-electron chi connectivity index (χ3n) is 5.75. The Bertz CT molecular complexity index is 914. The van der Waals surface area contributed by atoms with E-state index in [2.05, 4.69) is 15.1 Å². The van der Waals surface area contributed by atoms with E-state index < -0.39 is 9.84 Å². The third kappa shape index (κ3) is 4.39. The van der Waals surface area contributed by atoms with Gasteiger partial charge in [0.15, 0.2) is 9.84 Å². The first kappa shape index (κ1) is 19.4. The fraction of sp³-hybridized carbons (Fsp3) is 0.550. The SMILES string of the molecule is C[C@@H](NC(=O)CN1CCN([C@H]2CCS(=O)(=O)C2)CC1)c1cc2ccccc2o1. The van der Waals surface area contributed by atoms with Crippen molar-refractivity contribution in [1.82, 2.24) is 15.1 Å². The summed E-state index contributed by atoms with van der Waals surface area (Å²) < 4.78 is 29.2. The predicted octanol–water partition coefficient (Wildman–Crippen LogP) is 1.41. The Morgan fingerprint density at radius 3 is 2.68 bits per heavy atom. The maximum absolute atomic E-state index is 12.4. The molecule has 2 aliphatic heterocycles. The highest BCUT2D eigenvalue weighted by Crippen LogP contribution is 2.23. The van der Waals surface area contributed by atoms with Gasteiger partial charge in [-0.2, -0.15) is 0 Å². The Labute approximate surface area is 165 Å². The molecule has 1 N–H and O–H groups in total. The van der Waals surface area contributed by atoms with Crippen LogP contribution in [0.2, 0.25) is 0 Å². The minimum atomic E-state index is -2.86. The van der Waals surface area contributed by atoms with Gasteiger partial charge in [-0.25, -0.2) is 8.42 Å². The molecule has 0 aliphatic carbocycles. The summed E-state index contributed by atoms with van der Waals surface area (Å²) in [6, 6.07) is 9.73. The zero-order chi connectivity index (χ0) is 19.7. The van der Waals surface area contributed by atoms with Crippen LogP contribution >= 0.6 is 0 Å². The molecule has 7 nitrogen and oxygen atoms in total. The van der Waals surface area contributed by atoms with Crippen molar-refractivity contribution in [2.75, 3.05) is 44.2 Å². The summed E-state index contributed by atoms with van der Waals surface area (Å²) >= 11 is 0. The third-order valence-corrected chi connectivity index (χ3v) is 7.50. The normalized spacial score (nSPS) is 24.4. The van der Waals surface area contributed by atoms with Crippen molar-refractivity contribution in [1.29, 1.82) is 0 Å². The van der Waals surface area contributed by atoms with Crippen LogP contribution in [0.25, 0.3) is 11.0 Å². The number of sulfone groups is 1. The molecule has 3 heterocycles. The molecule has 0 bridgehead atoms. The second-order valence-corrected chi connectivity index (χ2v) is 10.1. The molecule has 1 aromatic heterocycles. The van der Waals surface area contributed by atoms with Crippen molar-refractivity contribution in [3.8, 4) is 0 Å². The van der Waals surface area contributed by atoms with Crippen LogP contribution in [0.15, 0.2) is 34.7 Å². The van der Waals surface area contributed by atoms with E-state index in [1.807, 2.05) is 37.3 Å². The molecule has 0 saturated carbocycles. The number of nitrogens with zero attached hydrogens (tertiary/aromatic N) is 2. The molecular formula is C20H27N3O4S. The number of piperazine rings is 1. The van der Waals surface area contributed by atoms with Gasteiger partial charge in [0.2, 0.25) is 5.91 Å². The Kier molecular flexibility index (Phi) is 5.44. The summed E-state index contributed by atoms with van der Waals surface area (Å²) in [6.07, 6.45) is 0.734. The van der Waals surface area contributed by atoms with Gasteiger partial charge in [-0.05, 0) is 25.5 Å². The van der Waals surface area contributed by atoms with Crippen molar-refractivity contribution < 1.29 is 17.6 Å². The lowest BCUT2D eigenvalue weighted by Gasteiger charge is -2.37. The van der Waals surface area contributed by atoms with Gasteiger partial charge in [-0.15, -0.1) is 0 Å². The molecule has 2 atom stereocenters. The molecule has 4 rings (SSSR count). The number of amides is 1. The van der Waals surface area contributed by atoms with Crippen LogP contribution in [0, 0.1) is 0 Å². The average Bonchev–Trinajstić information content (AvgIpc) is 3.25. The molecule has 1 amide bonds. The lowest BCUT2D eigenvalue weighted by Crippen LogP contribution is -2.52. The van der Waals surface area contributed by atoms with Crippen LogP contribution < -0.4 is 5.32 Å². The van der Waals surface area contributed by atoms with E-state index in [1.54, 1.807) is 0 Å². The van der Waals surface area contributed by atoms with Crippen LogP contribution in [0.3, 0.4) is 0 Å².